The molecule has 4 saturated carbocycles. The van der Waals surface area contributed by atoms with Crippen LogP contribution >= 0.6 is 11.6 Å². The van der Waals surface area contributed by atoms with Gasteiger partial charge in [0.2, 0.25) is 0 Å². The zero-order chi connectivity index (χ0) is 21.8. The van der Waals surface area contributed by atoms with Gasteiger partial charge in [-0.1, -0.05) is 36.7 Å². The average Bonchev–Trinajstić information content (AvgIpc) is 2.72. The second-order valence-electron chi connectivity index (χ2n) is 9.95. The smallest absolute Gasteiger partial charge is 0.328 e. The lowest BCUT2D eigenvalue weighted by Gasteiger charge is -2.57. The Kier molecular flexibility index (Phi) is 5.13. The normalized spacial score (nSPS) is 29.0. The summed E-state index contributed by atoms with van der Waals surface area (Å²) >= 11 is 6.68. The molecule has 0 aliphatic heterocycles. The molecule has 4 bridgehead atoms. The molecule has 4 fully saturated rings. The van der Waals surface area contributed by atoms with Gasteiger partial charge in [-0.3, -0.25) is 0 Å². The Morgan fingerprint density at radius 3 is 2.32 bits per heavy atom. The molecular formula is C27H29ClO3. The highest BCUT2D eigenvalue weighted by molar-refractivity contribution is 6.33. The van der Waals surface area contributed by atoms with Gasteiger partial charge in [-0.05, 0) is 109 Å². The van der Waals surface area contributed by atoms with Gasteiger partial charge in [-0.15, -0.1) is 0 Å². The number of carboxylic acids is 1. The summed E-state index contributed by atoms with van der Waals surface area (Å²) in [5.41, 5.74) is 5.11. The van der Waals surface area contributed by atoms with Crippen LogP contribution in [0.15, 0.2) is 36.4 Å². The zero-order valence-electron chi connectivity index (χ0n) is 17.9. The van der Waals surface area contributed by atoms with Crippen molar-refractivity contribution in [1.82, 2.24) is 0 Å². The molecule has 0 aromatic heterocycles. The lowest BCUT2D eigenvalue weighted by atomic mass is 9.48. The van der Waals surface area contributed by atoms with Crippen molar-refractivity contribution in [2.45, 2.75) is 57.3 Å². The van der Waals surface area contributed by atoms with Gasteiger partial charge in [-0.25, -0.2) is 4.79 Å². The number of benzene rings is 2. The van der Waals surface area contributed by atoms with Crippen molar-refractivity contribution in [3.8, 4) is 16.9 Å². The molecule has 6 rings (SSSR count). The van der Waals surface area contributed by atoms with Gasteiger partial charge in [0.25, 0.3) is 0 Å². The standard InChI is InChI=1S/C27H29ClO3/c1-2-21-22(6-3-19(26(21)28)5-8-25(30)31)20-4-7-24(29)23(12-20)27-13-16-9-17(14-27)11-18(10-16)15-27/h3-8,12,16-18,29H,2,9-11,13-15H2,1H3,(H,30,31). The first-order valence-corrected chi connectivity index (χ1v) is 11.8. The fraction of sp³-hybridized carbons (Fsp3) is 0.444. The second-order valence-corrected chi connectivity index (χ2v) is 10.3. The van der Waals surface area contributed by atoms with E-state index in [9.17, 15) is 9.90 Å². The fourth-order valence-electron chi connectivity index (χ4n) is 7.11. The topological polar surface area (TPSA) is 57.5 Å². The number of hydrogen-bond acceptors (Lipinski definition) is 2. The van der Waals surface area contributed by atoms with E-state index < -0.39 is 5.97 Å². The van der Waals surface area contributed by atoms with E-state index >= 15 is 0 Å². The summed E-state index contributed by atoms with van der Waals surface area (Å²) in [6.45, 7) is 2.07. The largest absolute Gasteiger partial charge is 0.508 e. The fourth-order valence-corrected chi connectivity index (χ4v) is 7.48. The number of rotatable bonds is 5. The van der Waals surface area contributed by atoms with Crippen LogP contribution in [0, 0.1) is 17.8 Å². The molecule has 4 heteroatoms. The maximum atomic E-state index is 10.9. The van der Waals surface area contributed by atoms with Crippen molar-refractivity contribution in [2.75, 3.05) is 0 Å². The van der Waals surface area contributed by atoms with Gasteiger partial charge < -0.3 is 10.2 Å². The van der Waals surface area contributed by atoms with E-state index in [1.165, 1.54) is 38.5 Å². The number of aromatic hydroxyl groups is 1. The quantitative estimate of drug-likeness (QED) is 0.504. The summed E-state index contributed by atoms with van der Waals surface area (Å²) in [7, 11) is 0. The molecule has 2 aromatic carbocycles. The highest BCUT2D eigenvalue weighted by Crippen LogP contribution is 2.62. The summed E-state index contributed by atoms with van der Waals surface area (Å²) in [4.78, 5) is 10.9. The van der Waals surface area contributed by atoms with Gasteiger partial charge in [-0.2, -0.15) is 0 Å². The first kappa shape index (κ1) is 20.6. The minimum atomic E-state index is -0.989. The van der Waals surface area contributed by atoms with E-state index in [4.69, 9.17) is 16.7 Å². The molecule has 0 atom stereocenters. The van der Waals surface area contributed by atoms with Gasteiger partial charge in [0.1, 0.15) is 5.75 Å². The maximum Gasteiger partial charge on any atom is 0.328 e. The Bertz CT molecular complexity index is 1030. The molecule has 0 heterocycles. The van der Waals surface area contributed by atoms with Crippen molar-refractivity contribution in [3.05, 3.63) is 58.1 Å². The van der Waals surface area contributed by atoms with Crippen molar-refractivity contribution >= 4 is 23.6 Å². The zero-order valence-corrected chi connectivity index (χ0v) is 18.7. The van der Waals surface area contributed by atoms with Crippen LogP contribution < -0.4 is 0 Å². The van der Waals surface area contributed by atoms with Crippen LogP contribution in [-0.4, -0.2) is 16.2 Å². The summed E-state index contributed by atoms with van der Waals surface area (Å²) in [5, 5.41) is 20.4. The average molecular weight is 437 g/mol. The molecule has 31 heavy (non-hydrogen) atoms. The highest BCUT2D eigenvalue weighted by Gasteiger charge is 2.52. The molecule has 2 aromatic rings. The van der Waals surface area contributed by atoms with Crippen LogP contribution in [0.3, 0.4) is 0 Å². The Labute approximate surface area is 188 Å². The lowest BCUT2D eigenvalue weighted by molar-refractivity contribution is -0.131. The van der Waals surface area contributed by atoms with Gasteiger partial charge in [0.05, 0.1) is 5.02 Å². The van der Waals surface area contributed by atoms with Crippen LogP contribution in [0.25, 0.3) is 17.2 Å². The molecule has 0 radical (unpaired) electrons. The number of carbonyl (C=O) groups is 1. The van der Waals surface area contributed by atoms with E-state index in [1.807, 2.05) is 24.3 Å². The van der Waals surface area contributed by atoms with E-state index in [-0.39, 0.29) is 5.41 Å². The number of phenols is 1. The molecule has 4 aliphatic carbocycles. The van der Waals surface area contributed by atoms with Crippen molar-refractivity contribution < 1.29 is 15.0 Å². The summed E-state index contributed by atoms with van der Waals surface area (Å²) in [6, 6.07) is 9.96. The number of carboxylic acid groups (broad SMARTS) is 1. The van der Waals surface area contributed by atoms with Gasteiger partial charge >= 0.3 is 5.97 Å². The predicted octanol–water partition coefficient (Wildman–Crippen LogP) is 6.84. The summed E-state index contributed by atoms with van der Waals surface area (Å²) < 4.78 is 0. The van der Waals surface area contributed by atoms with E-state index in [0.717, 1.165) is 52.5 Å². The van der Waals surface area contributed by atoms with Crippen molar-refractivity contribution in [1.29, 1.82) is 0 Å². The molecular weight excluding hydrogens is 408 g/mol. The first-order valence-electron chi connectivity index (χ1n) is 11.4. The number of aliphatic carboxylic acids is 1. The Morgan fingerprint density at radius 2 is 1.74 bits per heavy atom. The van der Waals surface area contributed by atoms with Crippen LogP contribution in [0.4, 0.5) is 0 Å². The second kappa shape index (κ2) is 7.70. The SMILES string of the molecule is CCc1c(-c2ccc(O)c(C34CC5CC(CC(C5)C3)C4)c2)ccc(C=CC(=O)O)c1Cl. The third-order valence-electron chi connectivity index (χ3n) is 7.95. The molecule has 0 spiro atoms. The van der Waals surface area contributed by atoms with Crippen LogP contribution in [-0.2, 0) is 16.6 Å². The predicted molar refractivity (Wildman–Crippen MR) is 124 cm³/mol. The van der Waals surface area contributed by atoms with Gasteiger partial charge in [0, 0.05) is 11.6 Å². The molecule has 162 valence electrons. The van der Waals surface area contributed by atoms with Crippen molar-refractivity contribution in [2.24, 2.45) is 17.8 Å². The maximum absolute atomic E-state index is 10.9. The Balaban J connectivity index is 1.57. The molecule has 0 saturated heterocycles. The Morgan fingerprint density at radius 1 is 1.10 bits per heavy atom. The number of halogens is 1. The van der Waals surface area contributed by atoms with Crippen LogP contribution in [0.1, 0.15) is 62.1 Å². The third-order valence-corrected chi connectivity index (χ3v) is 8.40. The van der Waals surface area contributed by atoms with E-state index in [0.29, 0.717) is 16.3 Å². The first-order chi connectivity index (χ1) is 14.9. The summed E-state index contributed by atoms with van der Waals surface area (Å²) in [5.74, 6) is 1.88. The Hall–Kier alpha value is -2.26. The number of hydrogen-bond donors (Lipinski definition) is 2. The third kappa shape index (κ3) is 3.57. The van der Waals surface area contributed by atoms with Gasteiger partial charge in [0.15, 0.2) is 0 Å². The van der Waals surface area contributed by atoms with Crippen LogP contribution in [0.5, 0.6) is 5.75 Å². The van der Waals surface area contributed by atoms with Crippen molar-refractivity contribution in [3.63, 3.8) is 0 Å². The molecule has 3 nitrogen and oxygen atoms in total. The number of phenolic OH excluding ortho intramolecular Hbond substituents is 1. The molecule has 2 N–H and O–H groups in total. The minimum absolute atomic E-state index is 0.120. The van der Waals surface area contributed by atoms with Crippen LogP contribution in [0.2, 0.25) is 5.02 Å². The van der Waals surface area contributed by atoms with E-state index in [2.05, 4.69) is 13.0 Å². The van der Waals surface area contributed by atoms with E-state index in [1.54, 1.807) is 6.08 Å². The highest BCUT2D eigenvalue weighted by atomic mass is 35.5. The lowest BCUT2D eigenvalue weighted by Crippen LogP contribution is -2.48. The monoisotopic (exact) mass is 436 g/mol. The molecule has 4 aliphatic rings. The molecule has 0 unspecified atom stereocenters. The molecule has 0 amide bonds. The summed E-state index contributed by atoms with van der Waals surface area (Å²) in [6.07, 6.45) is 11.2. The minimum Gasteiger partial charge on any atom is -0.508 e.